The van der Waals surface area contributed by atoms with Crippen LogP contribution in [-0.4, -0.2) is 15.0 Å². The molecule has 2 nitrogen and oxygen atoms in total. The molecular weight excluding hydrogens is 244 g/mol. The standard InChI is InChI=1S/C12H15ClO2S/c1-12(2,3)16-11(15)10(14)8-4-6-9(13)7-5-8/h4-7,10,14H,1-3H3/t10-/m1/s1. The van der Waals surface area contributed by atoms with Crippen LogP contribution in [0.25, 0.3) is 0 Å². The van der Waals surface area contributed by atoms with Crippen LogP contribution in [0.1, 0.15) is 32.4 Å². The maximum Gasteiger partial charge on any atom is 0.222 e. The fourth-order valence-corrected chi connectivity index (χ4v) is 2.12. The number of benzene rings is 1. The molecule has 0 amide bonds. The van der Waals surface area contributed by atoms with Crippen molar-refractivity contribution in [1.82, 2.24) is 0 Å². The van der Waals surface area contributed by atoms with Crippen LogP contribution in [0.5, 0.6) is 0 Å². The summed E-state index contributed by atoms with van der Waals surface area (Å²) in [4.78, 5) is 11.7. The van der Waals surface area contributed by atoms with Crippen molar-refractivity contribution < 1.29 is 9.90 Å². The van der Waals surface area contributed by atoms with E-state index < -0.39 is 6.10 Å². The zero-order valence-electron chi connectivity index (χ0n) is 9.53. The number of hydrogen-bond acceptors (Lipinski definition) is 3. The van der Waals surface area contributed by atoms with Gasteiger partial charge in [-0.25, -0.2) is 0 Å². The maximum atomic E-state index is 11.7. The minimum atomic E-state index is -1.08. The molecule has 1 atom stereocenters. The van der Waals surface area contributed by atoms with Gasteiger partial charge in [0.25, 0.3) is 0 Å². The third kappa shape index (κ3) is 4.16. The molecule has 0 saturated heterocycles. The average molecular weight is 259 g/mol. The van der Waals surface area contributed by atoms with Gasteiger partial charge in [0.1, 0.15) is 6.10 Å². The largest absolute Gasteiger partial charge is 0.380 e. The summed E-state index contributed by atoms with van der Waals surface area (Å²) in [6.45, 7) is 5.80. The highest BCUT2D eigenvalue weighted by Gasteiger charge is 2.24. The second kappa shape index (κ2) is 5.21. The Morgan fingerprint density at radius 2 is 1.81 bits per heavy atom. The summed E-state index contributed by atoms with van der Waals surface area (Å²) in [6.07, 6.45) is -1.08. The molecule has 0 radical (unpaired) electrons. The molecular formula is C12H15ClO2S. The monoisotopic (exact) mass is 258 g/mol. The van der Waals surface area contributed by atoms with Crippen LogP contribution in [0.2, 0.25) is 5.02 Å². The highest BCUT2D eigenvalue weighted by molar-refractivity contribution is 8.14. The maximum absolute atomic E-state index is 11.7. The zero-order chi connectivity index (χ0) is 12.3. The van der Waals surface area contributed by atoms with Gasteiger partial charge in [-0.05, 0) is 17.7 Å². The van der Waals surface area contributed by atoms with Crippen molar-refractivity contribution in [2.24, 2.45) is 0 Å². The Balaban J connectivity index is 2.74. The van der Waals surface area contributed by atoms with Crippen molar-refractivity contribution >= 4 is 28.5 Å². The Morgan fingerprint density at radius 3 is 2.25 bits per heavy atom. The number of aliphatic hydroxyl groups excluding tert-OH is 1. The predicted octanol–water partition coefficient (Wildman–Crippen LogP) is 3.43. The van der Waals surface area contributed by atoms with Crippen LogP contribution in [0.3, 0.4) is 0 Å². The summed E-state index contributed by atoms with van der Waals surface area (Å²) in [7, 11) is 0. The molecule has 0 unspecified atom stereocenters. The van der Waals surface area contributed by atoms with Gasteiger partial charge in [0.05, 0.1) is 0 Å². The third-order valence-electron chi connectivity index (χ3n) is 1.82. The number of rotatable bonds is 2. The van der Waals surface area contributed by atoms with E-state index in [0.29, 0.717) is 10.6 Å². The van der Waals surface area contributed by atoms with E-state index in [0.717, 1.165) is 11.8 Å². The number of thioether (sulfide) groups is 1. The molecule has 1 N–H and O–H groups in total. The quantitative estimate of drug-likeness (QED) is 0.883. The lowest BCUT2D eigenvalue weighted by atomic mass is 10.1. The second-order valence-electron chi connectivity index (χ2n) is 4.49. The third-order valence-corrected chi connectivity index (χ3v) is 3.10. The number of hydrogen-bond donors (Lipinski definition) is 1. The van der Waals surface area contributed by atoms with Gasteiger partial charge in [-0.1, -0.05) is 56.3 Å². The van der Waals surface area contributed by atoms with E-state index >= 15 is 0 Å². The minimum absolute atomic E-state index is 0.190. The molecule has 4 heteroatoms. The summed E-state index contributed by atoms with van der Waals surface area (Å²) in [5, 5.41) is 10.2. The van der Waals surface area contributed by atoms with Crippen molar-refractivity contribution in [2.45, 2.75) is 31.6 Å². The van der Waals surface area contributed by atoms with E-state index in [1.807, 2.05) is 20.8 Å². The van der Waals surface area contributed by atoms with Crippen molar-refractivity contribution in [2.75, 3.05) is 0 Å². The van der Waals surface area contributed by atoms with Crippen LogP contribution in [0, 0.1) is 0 Å². The first-order valence-corrected chi connectivity index (χ1v) is 6.15. The first kappa shape index (κ1) is 13.6. The highest BCUT2D eigenvalue weighted by atomic mass is 35.5. The Kier molecular flexibility index (Phi) is 4.42. The molecule has 0 heterocycles. The summed E-state index contributed by atoms with van der Waals surface area (Å²) in [5.41, 5.74) is 0.575. The molecule has 0 aliphatic rings. The summed E-state index contributed by atoms with van der Waals surface area (Å²) in [6, 6.07) is 6.65. The minimum Gasteiger partial charge on any atom is -0.380 e. The fraction of sp³-hybridized carbons (Fsp3) is 0.417. The Hall–Kier alpha value is -0.510. The smallest absolute Gasteiger partial charge is 0.222 e. The molecule has 0 aliphatic heterocycles. The van der Waals surface area contributed by atoms with E-state index in [1.165, 1.54) is 0 Å². The number of aliphatic hydroxyl groups is 1. The average Bonchev–Trinajstić information content (AvgIpc) is 2.15. The summed E-state index contributed by atoms with van der Waals surface area (Å²) >= 11 is 6.87. The number of halogens is 1. The van der Waals surface area contributed by atoms with Crippen molar-refractivity contribution in [1.29, 1.82) is 0 Å². The normalized spacial score (nSPS) is 13.6. The Bertz CT molecular complexity index is 368. The van der Waals surface area contributed by atoms with Crippen LogP contribution >= 0.6 is 23.4 Å². The summed E-state index contributed by atoms with van der Waals surface area (Å²) in [5.74, 6) is 0. The lowest BCUT2D eigenvalue weighted by molar-refractivity contribution is -0.118. The van der Waals surface area contributed by atoms with Gasteiger partial charge in [-0.3, -0.25) is 4.79 Å². The topological polar surface area (TPSA) is 37.3 Å². The molecule has 0 fully saturated rings. The van der Waals surface area contributed by atoms with Gasteiger partial charge in [0, 0.05) is 9.77 Å². The highest BCUT2D eigenvalue weighted by Crippen LogP contribution is 2.30. The van der Waals surface area contributed by atoms with Crippen LogP contribution in [-0.2, 0) is 4.79 Å². The van der Waals surface area contributed by atoms with E-state index in [2.05, 4.69) is 0 Å². The Morgan fingerprint density at radius 1 is 1.31 bits per heavy atom. The first-order chi connectivity index (χ1) is 7.29. The van der Waals surface area contributed by atoms with Gasteiger partial charge < -0.3 is 5.11 Å². The molecule has 0 aromatic heterocycles. The molecule has 0 bridgehead atoms. The lowest BCUT2D eigenvalue weighted by Gasteiger charge is -2.18. The van der Waals surface area contributed by atoms with Crippen molar-refractivity contribution in [3.05, 3.63) is 34.9 Å². The molecule has 1 aromatic rings. The van der Waals surface area contributed by atoms with Crippen LogP contribution in [0.4, 0.5) is 0 Å². The fourth-order valence-electron chi connectivity index (χ4n) is 1.14. The Labute approximate surface area is 105 Å². The number of carbonyl (C=O) groups excluding carboxylic acids is 1. The molecule has 88 valence electrons. The molecule has 0 aliphatic carbocycles. The van der Waals surface area contributed by atoms with Crippen molar-refractivity contribution in [3.8, 4) is 0 Å². The van der Waals surface area contributed by atoms with Gasteiger partial charge >= 0.3 is 0 Å². The van der Waals surface area contributed by atoms with E-state index in [9.17, 15) is 9.90 Å². The van der Waals surface area contributed by atoms with E-state index in [4.69, 9.17) is 11.6 Å². The van der Waals surface area contributed by atoms with Gasteiger partial charge in [-0.2, -0.15) is 0 Å². The van der Waals surface area contributed by atoms with E-state index in [-0.39, 0.29) is 9.86 Å². The van der Waals surface area contributed by atoms with Gasteiger partial charge in [0.2, 0.25) is 5.12 Å². The van der Waals surface area contributed by atoms with Gasteiger partial charge in [-0.15, -0.1) is 0 Å². The molecule has 16 heavy (non-hydrogen) atoms. The van der Waals surface area contributed by atoms with Crippen LogP contribution < -0.4 is 0 Å². The zero-order valence-corrected chi connectivity index (χ0v) is 11.1. The first-order valence-electron chi connectivity index (χ1n) is 4.96. The molecule has 0 spiro atoms. The summed E-state index contributed by atoms with van der Waals surface area (Å²) < 4.78 is -0.190. The lowest BCUT2D eigenvalue weighted by Crippen LogP contribution is -2.17. The van der Waals surface area contributed by atoms with Gasteiger partial charge in [0.15, 0.2) is 0 Å². The molecule has 0 saturated carbocycles. The predicted molar refractivity (Wildman–Crippen MR) is 68.8 cm³/mol. The second-order valence-corrected chi connectivity index (χ2v) is 6.76. The SMILES string of the molecule is CC(C)(C)SC(=O)[C@H](O)c1ccc(Cl)cc1. The number of carbonyl (C=O) groups is 1. The molecule has 1 rings (SSSR count). The molecule has 1 aromatic carbocycles. The van der Waals surface area contributed by atoms with Crippen LogP contribution in [0.15, 0.2) is 24.3 Å². The van der Waals surface area contributed by atoms with E-state index in [1.54, 1.807) is 24.3 Å². The van der Waals surface area contributed by atoms with Crippen molar-refractivity contribution in [3.63, 3.8) is 0 Å².